The number of piperidine rings is 1. The van der Waals surface area contributed by atoms with Gasteiger partial charge in [-0.05, 0) is 56.5 Å². The maximum Gasteiger partial charge on any atom is 0.285 e. The van der Waals surface area contributed by atoms with E-state index in [2.05, 4.69) is 31.5 Å². The van der Waals surface area contributed by atoms with Crippen molar-refractivity contribution >= 4 is 50.1 Å². The maximum absolute atomic E-state index is 13.7. The lowest BCUT2D eigenvalue weighted by Crippen LogP contribution is -2.39. The van der Waals surface area contributed by atoms with E-state index in [0.29, 0.717) is 29.9 Å². The van der Waals surface area contributed by atoms with Gasteiger partial charge in [-0.25, -0.2) is 23.1 Å². The molecule has 2 N–H and O–H groups in total. The highest BCUT2D eigenvalue weighted by atomic mass is 35.5. The van der Waals surface area contributed by atoms with E-state index < -0.39 is 22.0 Å². The van der Waals surface area contributed by atoms with Crippen molar-refractivity contribution in [1.82, 2.24) is 34.0 Å². The summed E-state index contributed by atoms with van der Waals surface area (Å²) in [6, 6.07) is 10.5. The van der Waals surface area contributed by atoms with Gasteiger partial charge in [0.1, 0.15) is 5.15 Å². The van der Waals surface area contributed by atoms with Crippen LogP contribution in [-0.2, 0) is 17.1 Å². The van der Waals surface area contributed by atoms with Crippen molar-refractivity contribution in [1.29, 1.82) is 0 Å². The second kappa shape index (κ2) is 12.8. The lowest BCUT2D eigenvalue weighted by Gasteiger charge is -2.33. The third-order valence-corrected chi connectivity index (χ3v) is 9.01. The molecule has 0 spiro atoms. The van der Waals surface area contributed by atoms with Crippen LogP contribution in [0.5, 0.6) is 0 Å². The van der Waals surface area contributed by atoms with Crippen LogP contribution in [0.2, 0.25) is 5.15 Å². The number of amides is 1. The van der Waals surface area contributed by atoms with E-state index in [1.807, 2.05) is 59.9 Å². The number of hydrogen-bond donors (Lipinski definition) is 2. The Balaban J connectivity index is 1.28. The van der Waals surface area contributed by atoms with Crippen LogP contribution in [0.3, 0.4) is 0 Å². The number of nitrogens with zero attached hydrogens (tertiary/aromatic N) is 7. The molecular formula is C32H34ClN9O4S. The number of halogens is 1. The zero-order chi connectivity index (χ0) is 33.5. The van der Waals surface area contributed by atoms with Gasteiger partial charge in [0.15, 0.2) is 5.69 Å². The molecule has 6 rings (SSSR count). The number of pyridine rings is 2. The van der Waals surface area contributed by atoms with Gasteiger partial charge in [0.05, 0.1) is 41.1 Å². The summed E-state index contributed by atoms with van der Waals surface area (Å²) in [5.74, 6) is -0.351. The number of carbonyl (C=O) groups excluding carboxylic acids is 1. The molecule has 5 aromatic rings. The van der Waals surface area contributed by atoms with Gasteiger partial charge in [0, 0.05) is 55.4 Å². The average Bonchev–Trinajstić information content (AvgIpc) is 3.54. The SMILES string of the molecule is Cc1cc([C@@H](C)Nc2ccc(Cl)nc2C(=O)NS(C)(=O)=O)c2nc(N3CCC(n4cc(-c5cccnc5)cn4)CC3)n(C)c(=O)c2c1. The average molecular weight is 676 g/mol. The molecule has 0 radical (unpaired) electrons. The summed E-state index contributed by atoms with van der Waals surface area (Å²) in [5, 5.41) is 8.38. The Morgan fingerprint density at radius 2 is 1.85 bits per heavy atom. The van der Waals surface area contributed by atoms with Gasteiger partial charge in [-0.3, -0.25) is 23.8 Å². The Labute approximate surface area is 276 Å². The fourth-order valence-electron chi connectivity index (χ4n) is 5.96. The summed E-state index contributed by atoms with van der Waals surface area (Å²) < 4.78 is 29.0. The van der Waals surface area contributed by atoms with Crippen LogP contribution < -0.4 is 20.5 Å². The first-order chi connectivity index (χ1) is 22.4. The molecule has 244 valence electrons. The minimum absolute atomic E-state index is 0.0305. The molecule has 1 aliphatic heterocycles. The number of benzene rings is 1. The lowest BCUT2D eigenvalue weighted by molar-refractivity contribution is 0.0977. The normalized spacial score (nSPS) is 14.7. The molecule has 1 atom stereocenters. The van der Waals surface area contributed by atoms with E-state index in [1.165, 1.54) is 6.07 Å². The second-order valence-corrected chi connectivity index (χ2v) is 13.9. The van der Waals surface area contributed by atoms with Crippen molar-refractivity contribution in [2.45, 2.75) is 38.8 Å². The first kappa shape index (κ1) is 32.1. The molecule has 1 aromatic carbocycles. The number of hydrogen-bond acceptors (Lipinski definition) is 10. The summed E-state index contributed by atoms with van der Waals surface area (Å²) in [4.78, 5) is 42.0. The topological polar surface area (TPSA) is 157 Å². The Kier molecular flexibility index (Phi) is 8.72. The summed E-state index contributed by atoms with van der Waals surface area (Å²) in [6.45, 7) is 5.14. The third kappa shape index (κ3) is 6.83. The number of nitrogens with one attached hydrogen (secondary N) is 2. The van der Waals surface area contributed by atoms with E-state index in [4.69, 9.17) is 16.6 Å². The zero-order valence-electron chi connectivity index (χ0n) is 26.3. The van der Waals surface area contributed by atoms with Gasteiger partial charge in [-0.15, -0.1) is 0 Å². The fraction of sp³-hybridized carbons (Fsp3) is 0.312. The molecule has 0 saturated carbocycles. The molecule has 4 aromatic heterocycles. The quantitative estimate of drug-likeness (QED) is 0.228. The molecule has 13 nitrogen and oxygen atoms in total. The van der Waals surface area contributed by atoms with Gasteiger partial charge < -0.3 is 10.2 Å². The van der Waals surface area contributed by atoms with Crippen LogP contribution in [0.4, 0.5) is 11.6 Å². The highest BCUT2D eigenvalue weighted by Crippen LogP contribution is 2.31. The predicted molar refractivity (Wildman–Crippen MR) is 181 cm³/mol. The van der Waals surface area contributed by atoms with E-state index in [9.17, 15) is 18.0 Å². The Morgan fingerprint density at radius 1 is 1.09 bits per heavy atom. The summed E-state index contributed by atoms with van der Waals surface area (Å²) >= 11 is 6.05. The first-order valence-corrected chi connectivity index (χ1v) is 17.3. The van der Waals surface area contributed by atoms with Gasteiger partial charge >= 0.3 is 0 Å². The van der Waals surface area contributed by atoms with Crippen LogP contribution in [0.25, 0.3) is 22.0 Å². The Morgan fingerprint density at radius 3 is 2.55 bits per heavy atom. The van der Waals surface area contributed by atoms with Crippen LogP contribution in [0.15, 0.2) is 66.0 Å². The summed E-state index contributed by atoms with van der Waals surface area (Å²) in [7, 11) is -2.10. The molecule has 1 amide bonds. The lowest BCUT2D eigenvalue weighted by atomic mass is 10.0. The monoisotopic (exact) mass is 675 g/mol. The molecule has 0 bridgehead atoms. The Bertz CT molecular complexity index is 2140. The molecule has 15 heteroatoms. The minimum Gasteiger partial charge on any atom is -0.377 e. The van der Waals surface area contributed by atoms with Crippen molar-refractivity contribution in [2.24, 2.45) is 7.05 Å². The number of sulfonamides is 1. The van der Waals surface area contributed by atoms with E-state index >= 15 is 0 Å². The number of fused-ring (bicyclic) bond motifs is 1. The van der Waals surface area contributed by atoms with Gasteiger partial charge in [-0.2, -0.15) is 5.10 Å². The summed E-state index contributed by atoms with van der Waals surface area (Å²) in [5.41, 5.74) is 4.09. The van der Waals surface area contributed by atoms with Crippen LogP contribution >= 0.6 is 11.6 Å². The van der Waals surface area contributed by atoms with Crippen LogP contribution in [0.1, 0.15) is 53.5 Å². The van der Waals surface area contributed by atoms with E-state index in [0.717, 1.165) is 41.4 Å². The number of carbonyl (C=O) groups is 1. The molecule has 0 aliphatic carbocycles. The molecular weight excluding hydrogens is 642 g/mol. The van der Waals surface area contributed by atoms with Crippen molar-refractivity contribution in [3.63, 3.8) is 0 Å². The maximum atomic E-state index is 13.7. The number of aryl methyl sites for hydroxylation is 1. The van der Waals surface area contributed by atoms with Crippen LogP contribution in [0, 0.1) is 6.92 Å². The molecule has 1 saturated heterocycles. The largest absolute Gasteiger partial charge is 0.377 e. The third-order valence-electron chi connectivity index (χ3n) is 8.24. The predicted octanol–water partition coefficient (Wildman–Crippen LogP) is 4.25. The van der Waals surface area contributed by atoms with E-state index in [-0.39, 0.29) is 28.1 Å². The van der Waals surface area contributed by atoms with Gasteiger partial charge in [-0.1, -0.05) is 23.7 Å². The highest BCUT2D eigenvalue weighted by Gasteiger charge is 2.26. The van der Waals surface area contributed by atoms with Gasteiger partial charge in [0.2, 0.25) is 16.0 Å². The number of anilines is 2. The minimum atomic E-state index is -3.84. The standard InChI is InChI=1S/C32H34ClN9O4S/c1-19-14-24(20(2)36-26-7-8-27(33)37-29(26)30(43)39-47(4,45)46)28-25(15-19)31(44)40(3)32(38-28)41-12-9-23(10-13-41)42-18-22(17-35-42)21-6-5-11-34-16-21/h5-8,11,14-18,20,23,36H,9-10,12-13H2,1-4H3,(H,39,43)/t20-/m1/s1. The number of rotatable bonds is 8. The molecule has 1 aliphatic rings. The molecule has 0 unspecified atom stereocenters. The Hall–Kier alpha value is -4.82. The molecule has 1 fully saturated rings. The smallest absolute Gasteiger partial charge is 0.285 e. The number of aromatic nitrogens is 6. The van der Waals surface area contributed by atoms with Gasteiger partial charge in [0.25, 0.3) is 11.5 Å². The molecule has 47 heavy (non-hydrogen) atoms. The van der Waals surface area contributed by atoms with E-state index in [1.54, 1.807) is 23.9 Å². The van der Waals surface area contributed by atoms with Crippen molar-refractivity contribution in [3.05, 3.63) is 93.5 Å². The zero-order valence-corrected chi connectivity index (χ0v) is 27.9. The van der Waals surface area contributed by atoms with Crippen molar-refractivity contribution < 1.29 is 13.2 Å². The first-order valence-electron chi connectivity index (χ1n) is 15.0. The highest BCUT2D eigenvalue weighted by molar-refractivity contribution is 7.89. The second-order valence-electron chi connectivity index (χ2n) is 11.8. The van der Waals surface area contributed by atoms with Crippen molar-refractivity contribution in [3.8, 4) is 11.1 Å². The fourth-order valence-corrected chi connectivity index (χ4v) is 6.54. The summed E-state index contributed by atoms with van der Waals surface area (Å²) in [6.07, 6.45) is 10.0. The molecule has 5 heterocycles. The van der Waals surface area contributed by atoms with Crippen molar-refractivity contribution in [2.75, 3.05) is 29.6 Å². The van der Waals surface area contributed by atoms with Crippen LogP contribution in [-0.4, -0.2) is 63.0 Å².